The fraction of sp³-hybridized carbons (Fsp3) is 0.867. The monoisotopic (exact) mass is 293 g/mol. The third kappa shape index (κ3) is 2.11. The van der Waals surface area contributed by atoms with Gasteiger partial charge in [0.1, 0.15) is 0 Å². The maximum atomic E-state index is 12.6. The number of aliphatic carboxylic acids is 1. The molecule has 6 nitrogen and oxygen atoms in total. The minimum atomic E-state index is -0.747. The van der Waals surface area contributed by atoms with Gasteiger partial charge in [0.15, 0.2) is 0 Å². The van der Waals surface area contributed by atoms with E-state index < -0.39 is 5.97 Å². The molecule has 4 unspecified atom stereocenters. The van der Waals surface area contributed by atoms with Gasteiger partial charge in [-0.3, -0.25) is 4.79 Å². The number of hydrogen-bond donors (Lipinski definition) is 2. The number of carboxylic acid groups (broad SMARTS) is 1. The van der Waals surface area contributed by atoms with E-state index in [9.17, 15) is 14.7 Å². The Bertz CT molecular complexity index is 461. The number of amides is 2. The summed E-state index contributed by atoms with van der Waals surface area (Å²) in [5.41, 5.74) is 0. The summed E-state index contributed by atoms with van der Waals surface area (Å²) in [6.45, 7) is 3.28. The third-order valence-corrected chi connectivity index (χ3v) is 6.05. The van der Waals surface area contributed by atoms with Crippen LogP contribution in [-0.4, -0.2) is 64.7 Å². The van der Waals surface area contributed by atoms with Gasteiger partial charge in [0.2, 0.25) is 0 Å². The van der Waals surface area contributed by atoms with E-state index in [2.05, 4.69) is 10.2 Å². The summed E-state index contributed by atoms with van der Waals surface area (Å²) in [7, 11) is 0. The Balaban J connectivity index is 1.43. The number of piperidine rings is 3. The molecule has 0 aliphatic carbocycles. The Morgan fingerprint density at radius 3 is 2.43 bits per heavy atom. The number of hydrogen-bond acceptors (Lipinski definition) is 3. The van der Waals surface area contributed by atoms with E-state index >= 15 is 0 Å². The number of carbonyl (C=O) groups is 2. The van der Waals surface area contributed by atoms with Crippen molar-refractivity contribution in [3.63, 3.8) is 0 Å². The van der Waals surface area contributed by atoms with Crippen LogP contribution in [0.4, 0.5) is 4.79 Å². The minimum Gasteiger partial charge on any atom is -0.481 e. The molecule has 5 saturated heterocycles. The highest BCUT2D eigenvalue weighted by Crippen LogP contribution is 2.42. The number of urea groups is 1. The quantitative estimate of drug-likeness (QED) is 0.787. The first-order chi connectivity index (χ1) is 10.1. The van der Waals surface area contributed by atoms with Crippen molar-refractivity contribution in [3.05, 3.63) is 0 Å². The molecule has 4 bridgehead atoms. The molecule has 21 heavy (non-hydrogen) atoms. The molecule has 5 rings (SSSR count). The molecule has 5 aliphatic rings. The van der Waals surface area contributed by atoms with Crippen molar-refractivity contribution in [2.45, 2.75) is 50.2 Å². The highest BCUT2D eigenvalue weighted by Gasteiger charge is 2.52. The lowest BCUT2D eigenvalue weighted by Gasteiger charge is -2.45. The summed E-state index contributed by atoms with van der Waals surface area (Å²) < 4.78 is 0. The van der Waals surface area contributed by atoms with Gasteiger partial charge in [-0.1, -0.05) is 0 Å². The Morgan fingerprint density at radius 1 is 1.10 bits per heavy atom. The molecule has 6 heteroatoms. The summed E-state index contributed by atoms with van der Waals surface area (Å²) in [4.78, 5) is 28.2. The van der Waals surface area contributed by atoms with Crippen molar-refractivity contribution in [2.75, 3.05) is 19.6 Å². The topological polar surface area (TPSA) is 72.9 Å². The predicted octanol–water partition coefficient (Wildman–Crippen LogP) is 0.728. The molecular formula is C15H23N3O3. The summed E-state index contributed by atoms with van der Waals surface area (Å²) in [5, 5.41) is 12.5. The average Bonchev–Trinajstić information content (AvgIpc) is 3.06. The fourth-order valence-electron chi connectivity index (χ4n) is 4.93. The number of carbonyl (C=O) groups excluding carboxylic acids is 1. The van der Waals surface area contributed by atoms with E-state index in [0.717, 1.165) is 32.5 Å². The zero-order chi connectivity index (χ0) is 14.6. The van der Waals surface area contributed by atoms with Crippen molar-refractivity contribution < 1.29 is 14.7 Å². The van der Waals surface area contributed by atoms with Gasteiger partial charge in [-0.15, -0.1) is 0 Å². The first kappa shape index (κ1) is 13.4. The Kier molecular flexibility index (Phi) is 3.10. The van der Waals surface area contributed by atoms with Gasteiger partial charge in [-0.2, -0.15) is 0 Å². The second-order valence-corrected chi connectivity index (χ2v) is 7.08. The van der Waals surface area contributed by atoms with Gasteiger partial charge < -0.3 is 20.2 Å². The number of carboxylic acids is 1. The Morgan fingerprint density at radius 2 is 1.86 bits per heavy atom. The first-order valence-corrected chi connectivity index (χ1v) is 8.17. The van der Waals surface area contributed by atoms with E-state index in [4.69, 9.17) is 0 Å². The number of nitrogens with zero attached hydrogens (tertiary/aromatic N) is 2. The fourth-order valence-corrected chi connectivity index (χ4v) is 4.93. The van der Waals surface area contributed by atoms with Crippen molar-refractivity contribution in [1.82, 2.24) is 15.1 Å². The molecular weight excluding hydrogens is 270 g/mol. The van der Waals surface area contributed by atoms with Gasteiger partial charge in [0.25, 0.3) is 0 Å². The maximum Gasteiger partial charge on any atom is 0.318 e. The van der Waals surface area contributed by atoms with Gasteiger partial charge in [-0.25, -0.2) is 4.79 Å². The van der Waals surface area contributed by atoms with Crippen LogP contribution in [0.15, 0.2) is 0 Å². The normalized spacial score (nSPS) is 44.1. The third-order valence-electron chi connectivity index (χ3n) is 6.05. The summed E-state index contributed by atoms with van der Waals surface area (Å²) in [6.07, 6.45) is 4.79. The highest BCUT2D eigenvalue weighted by atomic mass is 16.4. The number of rotatable bonds is 2. The van der Waals surface area contributed by atoms with Crippen LogP contribution in [0.5, 0.6) is 0 Å². The smallest absolute Gasteiger partial charge is 0.318 e. The zero-order valence-electron chi connectivity index (χ0n) is 12.2. The second kappa shape index (κ2) is 4.87. The van der Waals surface area contributed by atoms with Crippen LogP contribution < -0.4 is 5.32 Å². The standard InChI is InChI=1S/C15H23N3O3/c19-14(20)11-7-10-1-2-13(11)18(10)15(21)16-12-8-17-5-3-9(12)4-6-17/h9-13H,1-8H2,(H,16,21)(H,19,20). The molecule has 0 aromatic carbocycles. The molecule has 5 heterocycles. The lowest BCUT2D eigenvalue weighted by Crippen LogP contribution is -2.59. The van der Waals surface area contributed by atoms with Crippen LogP contribution in [0, 0.1) is 11.8 Å². The molecule has 2 N–H and O–H groups in total. The average molecular weight is 293 g/mol. The predicted molar refractivity (Wildman–Crippen MR) is 75.9 cm³/mol. The van der Waals surface area contributed by atoms with Crippen molar-refractivity contribution in [2.24, 2.45) is 11.8 Å². The van der Waals surface area contributed by atoms with E-state index in [1.165, 1.54) is 12.8 Å². The van der Waals surface area contributed by atoms with Crippen LogP contribution in [0.3, 0.4) is 0 Å². The largest absolute Gasteiger partial charge is 0.481 e. The molecule has 2 amide bonds. The SMILES string of the molecule is O=C(O)C1CC2CCC1N2C(=O)NC1CN2CCC1CC2. The molecule has 0 saturated carbocycles. The molecule has 0 radical (unpaired) electrons. The highest BCUT2D eigenvalue weighted by molar-refractivity contribution is 5.79. The van der Waals surface area contributed by atoms with Gasteiger partial charge >= 0.3 is 12.0 Å². The lowest BCUT2D eigenvalue weighted by atomic mass is 9.84. The maximum absolute atomic E-state index is 12.6. The number of fused-ring (bicyclic) bond motifs is 5. The molecule has 0 spiro atoms. The van der Waals surface area contributed by atoms with Gasteiger partial charge in [-0.05, 0) is 51.1 Å². The van der Waals surface area contributed by atoms with Crippen LogP contribution >= 0.6 is 0 Å². The van der Waals surface area contributed by atoms with E-state index in [1.54, 1.807) is 0 Å². The summed E-state index contributed by atoms with van der Waals surface area (Å²) in [6, 6.07) is 0.277. The second-order valence-electron chi connectivity index (χ2n) is 7.08. The van der Waals surface area contributed by atoms with Crippen molar-refractivity contribution >= 4 is 12.0 Å². The summed E-state index contributed by atoms with van der Waals surface area (Å²) in [5.74, 6) is -0.502. The minimum absolute atomic E-state index is 0.0231. The van der Waals surface area contributed by atoms with Crippen molar-refractivity contribution in [3.8, 4) is 0 Å². The molecule has 0 aromatic heterocycles. The zero-order valence-corrected chi connectivity index (χ0v) is 12.2. The van der Waals surface area contributed by atoms with Crippen molar-refractivity contribution in [1.29, 1.82) is 0 Å². The van der Waals surface area contributed by atoms with E-state index in [-0.39, 0.29) is 30.1 Å². The Labute approximate surface area is 124 Å². The lowest BCUT2D eigenvalue weighted by molar-refractivity contribution is -0.142. The van der Waals surface area contributed by atoms with Gasteiger partial charge in [0.05, 0.1) is 5.92 Å². The van der Waals surface area contributed by atoms with Crippen LogP contribution in [0.2, 0.25) is 0 Å². The molecule has 5 aliphatic heterocycles. The molecule has 4 atom stereocenters. The number of nitrogens with one attached hydrogen (secondary N) is 1. The van der Waals surface area contributed by atoms with Crippen LogP contribution in [0.1, 0.15) is 32.1 Å². The molecule has 0 aromatic rings. The van der Waals surface area contributed by atoms with Gasteiger partial charge in [0, 0.05) is 24.7 Å². The van der Waals surface area contributed by atoms with Crippen LogP contribution in [-0.2, 0) is 4.79 Å². The van der Waals surface area contributed by atoms with E-state index in [0.29, 0.717) is 12.3 Å². The molecule has 116 valence electrons. The van der Waals surface area contributed by atoms with Crippen LogP contribution in [0.25, 0.3) is 0 Å². The molecule has 5 fully saturated rings. The Hall–Kier alpha value is -1.30. The van der Waals surface area contributed by atoms with E-state index in [1.807, 2.05) is 4.90 Å². The first-order valence-electron chi connectivity index (χ1n) is 8.17. The summed E-state index contributed by atoms with van der Waals surface area (Å²) >= 11 is 0.